The van der Waals surface area contributed by atoms with Gasteiger partial charge in [-0.15, -0.1) is 0 Å². The number of benzene rings is 1. The molecule has 0 aliphatic rings. The van der Waals surface area contributed by atoms with Crippen LogP contribution in [0.5, 0.6) is 5.75 Å². The average Bonchev–Trinajstić information content (AvgIpc) is 2.28. The Balaban J connectivity index is 2.66. The first-order valence-electron chi connectivity index (χ1n) is 4.69. The molecular weight excluding hydrogens is 212 g/mol. The van der Waals surface area contributed by atoms with Gasteiger partial charge in [0, 0.05) is 23.5 Å². The van der Waals surface area contributed by atoms with Crippen molar-refractivity contribution >= 4 is 0 Å². The van der Waals surface area contributed by atoms with Crippen LogP contribution in [0.25, 0.3) is 11.1 Å². The predicted octanol–water partition coefficient (Wildman–Crippen LogP) is 3.04. The van der Waals surface area contributed by atoms with E-state index in [9.17, 15) is 8.78 Å². The van der Waals surface area contributed by atoms with Crippen LogP contribution in [0.1, 0.15) is 5.56 Å². The van der Waals surface area contributed by atoms with Gasteiger partial charge >= 0.3 is 0 Å². The second-order valence-electron chi connectivity index (χ2n) is 3.45. The molecule has 16 heavy (non-hydrogen) atoms. The average molecular weight is 221 g/mol. The number of aromatic nitrogens is 1. The van der Waals surface area contributed by atoms with Crippen LogP contribution in [-0.4, -0.2) is 10.1 Å². The number of hydrogen-bond acceptors (Lipinski definition) is 2. The maximum atomic E-state index is 13.6. The van der Waals surface area contributed by atoms with Crippen molar-refractivity contribution in [2.24, 2.45) is 0 Å². The number of aryl methyl sites for hydroxylation is 1. The first kappa shape index (κ1) is 10.5. The van der Waals surface area contributed by atoms with Crippen LogP contribution in [0.3, 0.4) is 0 Å². The molecular formula is C12H9F2NO. The van der Waals surface area contributed by atoms with Crippen molar-refractivity contribution < 1.29 is 13.9 Å². The van der Waals surface area contributed by atoms with Gasteiger partial charge in [-0.3, -0.25) is 4.98 Å². The zero-order valence-electron chi connectivity index (χ0n) is 8.54. The van der Waals surface area contributed by atoms with Gasteiger partial charge in [-0.05, 0) is 30.7 Å². The quantitative estimate of drug-likeness (QED) is 0.802. The van der Waals surface area contributed by atoms with Gasteiger partial charge in [-0.2, -0.15) is 0 Å². The number of aromatic hydroxyl groups is 1. The second-order valence-corrected chi connectivity index (χ2v) is 3.45. The molecule has 0 atom stereocenters. The maximum absolute atomic E-state index is 13.6. The second kappa shape index (κ2) is 3.89. The summed E-state index contributed by atoms with van der Waals surface area (Å²) in [4.78, 5) is 3.87. The number of phenolic OH excluding ortho intramolecular Hbond substituents is 1. The van der Waals surface area contributed by atoms with Crippen LogP contribution in [-0.2, 0) is 0 Å². The first-order chi connectivity index (χ1) is 7.61. The Kier molecular flexibility index (Phi) is 2.56. The van der Waals surface area contributed by atoms with Gasteiger partial charge in [-0.1, -0.05) is 0 Å². The molecule has 4 heteroatoms. The molecule has 0 amide bonds. The van der Waals surface area contributed by atoms with Crippen LogP contribution >= 0.6 is 0 Å². The number of rotatable bonds is 1. The number of nitrogens with zero attached hydrogens (tertiary/aromatic N) is 1. The Morgan fingerprint density at radius 2 is 1.88 bits per heavy atom. The van der Waals surface area contributed by atoms with E-state index in [0.29, 0.717) is 5.56 Å². The summed E-state index contributed by atoms with van der Waals surface area (Å²) in [5.41, 5.74) is 1.49. The SMILES string of the molecule is Cc1ccncc1-c1ccc(F)c(O)c1F. The lowest BCUT2D eigenvalue weighted by Crippen LogP contribution is -1.91. The van der Waals surface area contributed by atoms with E-state index in [2.05, 4.69) is 4.98 Å². The number of phenols is 1. The molecule has 0 bridgehead atoms. The van der Waals surface area contributed by atoms with E-state index in [-0.39, 0.29) is 5.56 Å². The lowest BCUT2D eigenvalue weighted by molar-refractivity contribution is 0.397. The van der Waals surface area contributed by atoms with Crippen molar-refractivity contribution in [2.45, 2.75) is 6.92 Å². The third kappa shape index (κ3) is 1.62. The topological polar surface area (TPSA) is 33.1 Å². The van der Waals surface area contributed by atoms with E-state index >= 15 is 0 Å². The normalized spacial score (nSPS) is 10.4. The van der Waals surface area contributed by atoms with Gasteiger partial charge in [0.1, 0.15) is 0 Å². The molecule has 2 aromatic rings. The van der Waals surface area contributed by atoms with E-state index in [1.807, 2.05) is 0 Å². The maximum Gasteiger partial charge on any atom is 0.188 e. The molecule has 0 aliphatic heterocycles. The zero-order valence-corrected chi connectivity index (χ0v) is 8.54. The Labute approximate surface area is 91.2 Å². The summed E-state index contributed by atoms with van der Waals surface area (Å²) in [7, 11) is 0. The zero-order chi connectivity index (χ0) is 11.7. The highest BCUT2D eigenvalue weighted by Crippen LogP contribution is 2.31. The number of hydrogen-bond donors (Lipinski definition) is 1. The van der Waals surface area contributed by atoms with Crippen LogP contribution < -0.4 is 0 Å². The molecule has 0 saturated heterocycles. The van der Waals surface area contributed by atoms with Crippen molar-refractivity contribution in [3.8, 4) is 16.9 Å². The van der Waals surface area contributed by atoms with Crippen molar-refractivity contribution in [1.82, 2.24) is 4.98 Å². The fourth-order valence-electron chi connectivity index (χ4n) is 1.49. The largest absolute Gasteiger partial charge is 0.503 e. The predicted molar refractivity (Wildman–Crippen MR) is 56.0 cm³/mol. The van der Waals surface area contributed by atoms with Crippen molar-refractivity contribution in [3.63, 3.8) is 0 Å². The van der Waals surface area contributed by atoms with Crippen molar-refractivity contribution in [3.05, 3.63) is 47.8 Å². The van der Waals surface area contributed by atoms with Gasteiger partial charge in [0.25, 0.3) is 0 Å². The highest BCUT2D eigenvalue weighted by molar-refractivity contribution is 5.68. The Morgan fingerprint density at radius 1 is 1.12 bits per heavy atom. The third-order valence-electron chi connectivity index (χ3n) is 2.40. The van der Waals surface area contributed by atoms with E-state index in [4.69, 9.17) is 5.11 Å². The number of pyridine rings is 1. The van der Waals surface area contributed by atoms with Crippen molar-refractivity contribution in [1.29, 1.82) is 0 Å². The fourth-order valence-corrected chi connectivity index (χ4v) is 1.49. The molecule has 1 heterocycles. The molecule has 0 aliphatic carbocycles. The molecule has 0 saturated carbocycles. The van der Waals surface area contributed by atoms with Gasteiger partial charge in [-0.25, -0.2) is 8.78 Å². The molecule has 1 aromatic heterocycles. The molecule has 0 unspecified atom stereocenters. The molecule has 0 spiro atoms. The van der Waals surface area contributed by atoms with Gasteiger partial charge in [0.15, 0.2) is 17.4 Å². The van der Waals surface area contributed by atoms with Gasteiger partial charge in [0.05, 0.1) is 0 Å². The van der Waals surface area contributed by atoms with Gasteiger partial charge < -0.3 is 5.11 Å². The standard InChI is InChI=1S/C12H9F2NO/c1-7-4-5-15-6-9(7)8-2-3-10(13)12(16)11(8)14/h2-6,16H,1H3. The van der Waals surface area contributed by atoms with E-state index in [1.54, 1.807) is 19.2 Å². The van der Waals surface area contributed by atoms with E-state index in [1.165, 1.54) is 12.3 Å². The van der Waals surface area contributed by atoms with E-state index in [0.717, 1.165) is 11.6 Å². The fraction of sp³-hybridized carbons (Fsp3) is 0.0833. The minimum Gasteiger partial charge on any atom is -0.503 e. The van der Waals surface area contributed by atoms with Crippen LogP contribution in [0.2, 0.25) is 0 Å². The summed E-state index contributed by atoms with van der Waals surface area (Å²) in [5, 5.41) is 9.17. The lowest BCUT2D eigenvalue weighted by Gasteiger charge is -2.07. The Bertz CT molecular complexity index is 541. The molecule has 1 N–H and O–H groups in total. The third-order valence-corrected chi connectivity index (χ3v) is 2.40. The summed E-state index contributed by atoms with van der Waals surface area (Å²) >= 11 is 0. The molecule has 0 radical (unpaired) electrons. The Morgan fingerprint density at radius 3 is 2.56 bits per heavy atom. The molecule has 2 rings (SSSR count). The van der Waals surface area contributed by atoms with Crippen LogP contribution in [0.15, 0.2) is 30.6 Å². The molecule has 82 valence electrons. The summed E-state index contributed by atoms with van der Waals surface area (Å²) in [6.07, 6.45) is 3.06. The molecule has 1 aromatic carbocycles. The van der Waals surface area contributed by atoms with Crippen molar-refractivity contribution in [2.75, 3.05) is 0 Å². The smallest absolute Gasteiger partial charge is 0.188 e. The number of halogens is 2. The summed E-state index contributed by atoms with van der Waals surface area (Å²) in [5.74, 6) is -2.89. The molecule has 2 nitrogen and oxygen atoms in total. The minimum atomic E-state index is -0.970. The summed E-state index contributed by atoms with van der Waals surface area (Å²) < 4.78 is 26.5. The van der Waals surface area contributed by atoms with Gasteiger partial charge in [0.2, 0.25) is 0 Å². The van der Waals surface area contributed by atoms with E-state index < -0.39 is 17.4 Å². The monoisotopic (exact) mass is 221 g/mol. The first-order valence-corrected chi connectivity index (χ1v) is 4.69. The van der Waals surface area contributed by atoms with Crippen LogP contribution in [0, 0.1) is 18.6 Å². The Hall–Kier alpha value is -1.97. The summed E-state index contributed by atoms with van der Waals surface area (Å²) in [6, 6.07) is 4.03. The van der Waals surface area contributed by atoms with Crippen LogP contribution in [0.4, 0.5) is 8.78 Å². The minimum absolute atomic E-state index is 0.143. The highest BCUT2D eigenvalue weighted by Gasteiger charge is 2.14. The highest BCUT2D eigenvalue weighted by atomic mass is 19.1. The molecule has 0 fully saturated rings. The lowest BCUT2D eigenvalue weighted by atomic mass is 10.0. The summed E-state index contributed by atoms with van der Waals surface area (Å²) in [6.45, 7) is 1.79.